The van der Waals surface area contributed by atoms with Crippen LogP contribution in [0.4, 0.5) is 0 Å². The molecule has 2 aromatic heterocycles. The molecule has 1 unspecified atom stereocenters. The Kier molecular flexibility index (Phi) is 5.21. The second-order valence-electron chi connectivity index (χ2n) is 6.61. The number of carbonyl (C=O) groups is 1. The summed E-state index contributed by atoms with van der Waals surface area (Å²) >= 11 is 3.54. The minimum atomic E-state index is -0.250. The largest absolute Gasteiger partial charge is 0.342 e. The fourth-order valence-electron chi connectivity index (χ4n) is 3.26. The van der Waals surface area contributed by atoms with Crippen molar-refractivity contribution in [2.75, 3.05) is 0 Å². The number of halogens is 1. The number of hydrogen-bond acceptors (Lipinski definition) is 3. The van der Waals surface area contributed by atoms with Crippen molar-refractivity contribution >= 4 is 32.9 Å². The van der Waals surface area contributed by atoms with Gasteiger partial charge < -0.3 is 9.88 Å². The van der Waals surface area contributed by atoms with Gasteiger partial charge in [0.25, 0.3) is 5.91 Å². The van der Waals surface area contributed by atoms with Gasteiger partial charge >= 0.3 is 0 Å². The third kappa shape index (κ3) is 3.82. The molecule has 4 rings (SSSR count). The minimum Gasteiger partial charge on any atom is -0.342 e. The number of nitrogens with zero attached hydrogens (tertiary/aromatic N) is 3. The van der Waals surface area contributed by atoms with Crippen molar-refractivity contribution in [3.8, 4) is 0 Å². The minimum absolute atomic E-state index is 0.143. The molecular weight excluding hydrogens is 416 g/mol. The fraction of sp³-hybridized carbons (Fsp3) is 0.136. The summed E-state index contributed by atoms with van der Waals surface area (Å²) in [5, 5.41) is 3.05. The van der Waals surface area contributed by atoms with Crippen molar-refractivity contribution in [1.82, 2.24) is 19.9 Å². The first-order valence-electron chi connectivity index (χ1n) is 9.02. The summed E-state index contributed by atoms with van der Waals surface area (Å²) in [7, 11) is 0. The van der Waals surface area contributed by atoms with Crippen LogP contribution in [0.2, 0.25) is 0 Å². The van der Waals surface area contributed by atoms with Crippen LogP contribution in [-0.2, 0) is 6.54 Å². The standard InChI is InChI=1S/C22H19BrN4O/c1-15(25-22(28)17-9-11-24-12-10-17)21-26-19-7-2-3-8-20(19)27(21)14-16-5-4-6-18(23)13-16/h2-13,15H,14H2,1H3,(H,25,28). The van der Waals surface area contributed by atoms with Crippen LogP contribution in [0.3, 0.4) is 0 Å². The molecule has 1 atom stereocenters. The van der Waals surface area contributed by atoms with Gasteiger partial charge in [-0.2, -0.15) is 0 Å². The molecule has 0 spiro atoms. The lowest BCUT2D eigenvalue weighted by atomic mass is 10.2. The van der Waals surface area contributed by atoms with Crippen LogP contribution < -0.4 is 5.32 Å². The number of nitrogens with one attached hydrogen (secondary N) is 1. The maximum Gasteiger partial charge on any atom is 0.251 e. The average molecular weight is 435 g/mol. The van der Waals surface area contributed by atoms with Crippen molar-refractivity contribution in [2.24, 2.45) is 0 Å². The molecule has 28 heavy (non-hydrogen) atoms. The Morgan fingerprint density at radius 1 is 1.11 bits per heavy atom. The van der Waals surface area contributed by atoms with Crippen molar-refractivity contribution in [3.05, 3.63) is 94.5 Å². The van der Waals surface area contributed by atoms with Crippen molar-refractivity contribution < 1.29 is 4.79 Å². The summed E-state index contributed by atoms with van der Waals surface area (Å²) in [5.74, 6) is 0.680. The van der Waals surface area contributed by atoms with Gasteiger partial charge in [0.1, 0.15) is 5.82 Å². The van der Waals surface area contributed by atoms with E-state index in [0.717, 1.165) is 26.9 Å². The monoisotopic (exact) mass is 434 g/mol. The summed E-state index contributed by atoms with van der Waals surface area (Å²) < 4.78 is 3.20. The SMILES string of the molecule is CC(NC(=O)c1ccncc1)c1nc2ccccc2n1Cc1cccc(Br)c1. The van der Waals surface area contributed by atoms with E-state index < -0.39 is 0 Å². The van der Waals surface area contributed by atoms with Crippen LogP contribution in [-0.4, -0.2) is 20.4 Å². The number of rotatable bonds is 5. The second-order valence-corrected chi connectivity index (χ2v) is 7.52. The predicted molar refractivity (Wildman–Crippen MR) is 113 cm³/mol. The Morgan fingerprint density at radius 2 is 1.89 bits per heavy atom. The number of amides is 1. The van der Waals surface area contributed by atoms with Gasteiger partial charge in [0.05, 0.1) is 17.1 Å². The highest BCUT2D eigenvalue weighted by Crippen LogP contribution is 2.23. The van der Waals surface area contributed by atoms with Gasteiger partial charge in [-0.3, -0.25) is 9.78 Å². The maximum absolute atomic E-state index is 12.6. The van der Waals surface area contributed by atoms with Gasteiger partial charge in [-0.05, 0) is 48.9 Å². The molecule has 4 aromatic rings. The van der Waals surface area contributed by atoms with Gasteiger partial charge in [0.2, 0.25) is 0 Å². The van der Waals surface area contributed by atoms with Gasteiger partial charge in [-0.25, -0.2) is 4.98 Å². The van der Waals surface area contributed by atoms with Crippen LogP contribution in [0.1, 0.15) is 34.7 Å². The van der Waals surface area contributed by atoms with Crippen LogP contribution in [0.15, 0.2) is 77.5 Å². The van der Waals surface area contributed by atoms with E-state index in [1.807, 2.05) is 37.3 Å². The van der Waals surface area contributed by atoms with Gasteiger partial charge in [0.15, 0.2) is 0 Å². The lowest BCUT2D eigenvalue weighted by Crippen LogP contribution is -2.28. The molecule has 0 aliphatic heterocycles. The first kappa shape index (κ1) is 18.4. The highest BCUT2D eigenvalue weighted by molar-refractivity contribution is 9.10. The summed E-state index contributed by atoms with van der Waals surface area (Å²) in [5.41, 5.74) is 3.70. The molecule has 140 valence electrons. The van der Waals surface area contributed by atoms with Gasteiger partial charge in [0, 0.05) is 29.0 Å². The van der Waals surface area contributed by atoms with E-state index in [1.165, 1.54) is 0 Å². The fourth-order valence-corrected chi connectivity index (χ4v) is 3.70. The Hall–Kier alpha value is -2.99. The van der Waals surface area contributed by atoms with Gasteiger partial charge in [-0.15, -0.1) is 0 Å². The van der Waals surface area contributed by atoms with Crippen molar-refractivity contribution in [1.29, 1.82) is 0 Å². The Morgan fingerprint density at radius 3 is 2.68 bits per heavy atom. The molecule has 0 aliphatic carbocycles. The van der Waals surface area contributed by atoms with E-state index in [-0.39, 0.29) is 11.9 Å². The predicted octanol–water partition coefficient (Wildman–Crippen LogP) is 4.73. The highest BCUT2D eigenvalue weighted by Gasteiger charge is 2.19. The number of benzene rings is 2. The maximum atomic E-state index is 12.6. The first-order valence-corrected chi connectivity index (χ1v) is 9.81. The highest BCUT2D eigenvalue weighted by atomic mass is 79.9. The Labute approximate surface area is 171 Å². The zero-order chi connectivity index (χ0) is 19.5. The lowest BCUT2D eigenvalue weighted by molar-refractivity contribution is 0.0937. The van der Waals surface area contributed by atoms with Crippen LogP contribution >= 0.6 is 15.9 Å². The van der Waals surface area contributed by atoms with Crippen LogP contribution in [0, 0.1) is 0 Å². The number of fused-ring (bicyclic) bond motifs is 1. The van der Waals surface area contributed by atoms with Crippen LogP contribution in [0.25, 0.3) is 11.0 Å². The van der Waals surface area contributed by atoms with Crippen molar-refractivity contribution in [2.45, 2.75) is 19.5 Å². The Bertz CT molecular complexity index is 1120. The zero-order valence-electron chi connectivity index (χ0n) is 15.3. The molecule has 0 saturated carbocycles. The quantitative estimate of drug-likeness (QED) is 0.493. The first-order chi connectivity index (χ1) is 13.6. The Balaban J connectivity index is 1.68. The van der Waals surface area contributed by atoms with Crippen LogP contribution in [0.5, 0.6) is 0 Å². The molecule has 1 amide bonds. The number of para-hydroxylation sites is 2. The molecule has 0 fully saturated rings. The summed E-state index contributed by atoms with van der Waals surface area (Å²) in [4.78, 5) is 21.3. The average Bonchev–Trinajstić information content (AvgIpc) is 3.07. The smallest absolute Gasteiger partial charge is 0.251 e. The normalized spacial score (nSPS) is 12.1. The van der Waals surface area contributed by atoms with E-state index in [4.69, 9.17) is 4.98 Å². The van der Waals surface area contributed by atoms with E-state index in [0.29, 0.717) is 12.1 Å². The third-order valence-electron chi connectivity index (χ3n) is 4.59. The molecule has 0 bridgehead atoms. The number of hydrogen-bond donors (Lipinski definition) is 1. The third-order valence-corrected chi connectivity index (χ3v) is 5.08. The molecule has 5 nitrogen and oxygen atoms in total. The molecule has 1 N–H and O–H groups in total. The molecular formula is C22H19BrN4O. The summed E-state index contributed by atoms with van der Waals surface area (Å²) in [6.07, 6.45) is 3.23. The topological polar surface area (TPSA) is 59.8 Å². The van der Waals surface area contributed by atoms with E-state index >= 15 is 0 Å². The summed E-state index contributed by atoms with van der Waals surface area (Å²) in [6, 6.07) is 19.4. The lowest BCUT2D eigenvalue weighted by Gasteiger charge is -2.17. The number of aromatic nitrogens is 3. The second kappa shape index (κ2) is 7.94. The van der Waals surface area contributed by atoms with E-state index in [9.17, 15) is 4.79 Å². The molecule has 0 saturated heterocycles. The van der Waals surface area contributed by atoms with E-state index in [1.54, 1.807) is 24.5 Å². The molecule has 2 heterocycles. The molecule has 6 heteroatoms. The number of carbonyl (C=O) groups excluding carboxylic acids is 1. The number of imidazole rings is 1. The van der Waals surface area contributed by atoms with Crippen molar-refractivity contribution in [3.63, 3.8) is 0 Å². The summed E-state index contributed by atoms with van der Waals surface area (Å²) in [6.45, 7) is 2.63. The van der Waals surface area contributed by atoms with Gasteiger partial charge in [-0.1, -0.05) is 40.2 Å². The molecule has 0 radical (unpaired) electrons. The van der Waals surface area contributed by atoms with E-state index in [2.05, 4.69) is 49.0 Å². The zero-order valence-corrected chi connectivity index (χ0v) is 16.9. The molecule has 0 aliphatic rings. The molecule has 2 aromatic carbocycles. The number of pyridine rings is 1.